The molecule has 1 heterocycles. The number of nitrogens with one attached hydrogen (secondary N) is 1. The summed E-state index contributed by atoms with van der Waals surface area (Å²) in [7, 11) is 0. The van der Waals surface area contributed by atoms with Crippen LogP contribution in [0.5, 0.6) is 0 Å². The molecule has 3 N–H and O–H groups in total. The van der Waals surface area contributed by atoms with E-state index in [4.69, 9.17) is 10.2 Å². The van der Waals surface area contributed by atoms with Crippen molar-refractivity contribution >= 4 is 22.3 Å². The maximum atomic E-state index is 12.6. The third-order valence-corrected chi connectivity index (χ3v) is 5.12. The molecule has 1 aliphatic heterocycles. The van der Waals surface area contributed by atoms with Gasteiger partial charge in [-0.05, 0) is 43.3 Å². The van der Waals surface area contributed by atoms with Gasteiger partial charge in [-0.3, -0.25) is 4.99 Å². The summed E-state index contributed by atoms with van der Waals surface area (Å²) in [6, 6.07) is 14.4. The molecule has 2 aromatic carbocycles. The first-order chi connectivity index (χ1) is 15.9. The number of hydrogen-bond acceptors (Lipinski definition) is 4. The van der Waals surface area contributed by atoms with E-state index < -0.39 is 25.4 Å². The fourth-order valence-electron chi connectivity index (χ4n) is 3.65. The molecule has 0 aromatic heterocycles. The zero-order valence-electron chi connectivity index (χ0n) is 17.8. The lowest BCUT2D eigenvalue weighted by molar-refractivity contribution is -0.118. The van der Waals surface area contributed by atoms with Crippen molar-refractivity contribution in [3.05, 3.63) is 65.5 Å². The van der Waals surface area contributed by atoms with Gasteiger partial charge in [0.2, 0.25) is 0 Å². The summed E-state index contributed by atoms with van der Waals surface area (Å²) >= 11 is 0. The molecule has 4 nitrogen and oxygen atoms in total. The largest absolute Gasteiger partial charge is 0.456 e. The maximum absolute atomic E-state index is 12.6. The molecule has 0 fully saturated rings. The second-order valence-electron chi connectivity index (χ2n) is 7.86. The van der Waals surface area contributed by atoms with Crippen LogP contribution in [0.1, 0.15) is 5.56 Å². The summed E-state index contributed by atoms with van der Waals surface area (Å²) in [6.45, 7) is -0.701. The van der Waals surface area contributed by atoms with Gasteiger partial charge in [0.05, 0.1) is 5.36 Å². The van der Waals surface area contributed by atoms with Gasteiger partial charge < -0.3 is 15.5 Å². The first-order valence-electron chi connectivity index (χ1n) is 10.1. The monoisotopic (exact) mass is 479 g/mol. The van der Waals surface area contributed by atoms with Crippen LogP contribution < -0.4 is 16.4 Å². The molecular formula is C24H19F6N3O. The lowest BCUT2D eigenvalue weighted by Crippen LogP contribution is -2.21. The van der Waals surface area contributed by atoms with E-state index in [1.54, 1.807) is 18.2 Å². The van der Waals surface area contributed by atoms with Crippen molar-refractivity contribution in [1.29, 1.82) is 0 Å². The topological polar surface area (TPSA) is 63.5 Å². The molecule has 2 aliphatic rings. The van der Waals surface area contributed by atoms with E-state index in [9.17, 15) is 26.3 Å². The quantitative estimate of drug-likeness (QED) is 0.199. The van der Waals surface area contributed by atoms with Crippen molar-refractivity contribution in [2.24, 2.45) is 4.99 Å². The average molecular weight is 479 g/mol. The van der Waals surface area contributed by atoms with Crippen LogP contribution in [-0.2, 0) is 0 Å². The summed E-state index contributed by atoms with van der Waals surface area (Å²) in [5, 5.41) is 2.94. The molecule has 0 atom stereocenters. The first-order valence-corrected chi connectivity index (χ1v) is 10.1. The molecule has 178 valence electrons. The Morgan fingerprint density at radius 2 is 1.65 bits per heavy atom. The summed E-state index contributed by atoms with van der Waals surface area (Å²) < 4.78 is 81.7. The highest BCUT2D eigenvalue weighted by Crippen LogP contribution is 2.42. The van der Waals surface area contributed by atoms with Gasteiger partial charge in [0, 0.05) is 45.6 Å². The van der Waals surface area contributed by atoms with E-state index in [0.29, 0.717) is 27.8 Å². The summed E-state index contributed by atoms with van der Waals surface area (Å²) in [5.41, 5.74) is 9.94. The van der Waals surface area contributed by atoms with Gasteiger partial charge in [0.15, 0.2) is 0 Å². The van der Waals surface area contributed by atoms with Crippen molar-refractivity contribution in [2.75, 3.05) is 24.1 Å². The highest BCUT2D eigenvalue weighted by Gasteiger charge is 2.27. The van der Waals surface area contributed by atoms with Crippen LogP contribution in [0.25, 0.3) is 33.4 Å². The van der Waals surface area contributed by atoms with Crippen LogP contribution in [0, 0.1) is 6.92 Å². The van der Waals surface area contributed by atoms with Crippen LogP contribution in [0.3, 0.4) is 0 Å². The van der Waals surface area contributed by atoms with Crippen LogP contribution in [-0.4, -0.2) is 25.4 Å². The predicted molar refractivity (Wildman–Crippen MR) is 118 cm³/mol. The number of benzene rings is 3. The van der Waals surface area contributed by atoms with Crippen molar-refractivity contribution < 1.29 is 30.8 Å². The highest BCUT2D eigenvalue weighted by atomic mass is 19.4. The Morgan fingerprint density at radius 3 is 2.35 bits per heavy atom. The number of nitrogen functional groups attached to an aromatic ring is 1. The van der Waals surface area contributed by atoms with E-state index in [0.717, 1.165) is 5.56 Å². The summed E-state index contributed by atoms with van der Waals surface area (Å²) in [5.74, 6) is 0.222. The van der Waals surface area contributed by atoms with E-state index in [-0.39, 0.29) is 22.4 Å². The van der Waals surface area contributed by atoms with Gasteiger partial charge in [-0.15, -0.1) is 0 Å². The maximum Gasteiger partial charge on any atom is 0.407 e. The van der Waals surface area contributed by atoms with Crippen LogP contribution in [0.15, 0.2) is 64.0 Å². The Bertz CT molecular complexity index is 1390. The van der Waals surface area contributed by atoms with Crippen LogP contribution in [0.4, 0.5) is 37.7 Å². The molecule has 34 heavy (non-hydrogen) atoms. The second-order valence-corrected chi connectivity index (χ2v) is 7.86. The zero-order chi connectivity index (χ0) is 24.7. The molecule has 0 saturated heterocycles. The van der Waals surface area contributed by atoms with Crippen molar-refractivity contribution in [2.45, 2.75) is 19.3 Å². The molecule has 2 aromatic rings. The molecule has 0 radical (unpaired) electrons. The second kappa shape index (κ2) is 8.58. The highest BCUT2D eigenvalue weighted by molar-refractivity contribution is 6.05. The first kappa shape index (κ1) is 23.5. The molecule has 4 rings (SSSR count). The van der Waals surface area contributed by atoms with Gasteiger partial charge in [-0.25, -0.2) is 0 Å². The van der Waals surface area contributed by atoms with Gasteiger partial charge in [0.25, 0.3) is 0 Å². The molecule has 0 bridgehead atoms. The minimum Gasteiger partial charge on any atom is -0.456 e. The van der Waals surface area contributed by atoms with E-state index >= 15 is 0 Å². The Morgan fingerprint density at radius 1 is 0.882 bits per heavy atom. The molecule has 0 amide bonds. The number of aryl methyl sites for hydroxylation is 1. The molecule has 0 saturated carbocycles. The average Bonchev–Trinajstić information content (AvgIpc) is 2.75. The minimum atomic E-state index is -4.46. The molecular weight excluding hydrogens is 460 g/mol. The van der Waals surface area contributed by atoms with Crippen molar-refractivity contribution in [1.82, 2.24) is 0 Å². The number of nitrogens with zero attached hydrogens (tertiary/aromatic N) is 1. The van der Waals surface area contributed by atoms with Crippen molar-refractivity contribution in [3.8, 4) is 22.5 Å². The SMILES string of the molecule is Cc1ccc(N)c(-c2c3ccc(=NCC(F)(F)F)cc-3oc3cc(NCC(F)(F)F)ccc23)c1. The lowest BCUT2D eigenvalue weighted by atomic mass is 9.92. The fraction of sp³-hybridized carbons (Fsp3) is 0.208. The standard InChI is InChI=1S/C24H19F6N3O/c1-13-2-7-19(31)18(8-13)22-16-5-3-14(32-11-23(25,26)27)9-20(16)34-21-10-15(4-6-17(21)22)33-12-24(28,29)30/h2-10,32H,11-12,31H2,1H3. The number of nitrogens with two attached hydrogens (primary N) is 1. The molecule has 1 aliphatic carbocycles. The fourth-order valence-corrected chi connectivity index (χ4v) is 3.65. The zero-order valence-corrected chi connectivity index (χ0v) is 17.8. The van der Waals surface area contributed by atoms with Crippen LogP contribution in [0.2, 0.25) is 0 Å². The molecule has 0 spiro atoms. The number of rotatable bonds is 4. The Kier molecular flexibility index (Phi) is 5.93. The Balaban J connectivity index is 1.96. The number of alkyl halides is 6. The van der Waals surface area contributed by atoms with Gasteiger partial charge in [-0.1, -0.05) is 11.6 Å². The van der Waals surface area contributed by atoms with E-state index in [2.05, 4.69) is 10.3 Å². The van der Waals surface area contributed by atoms with E-state index in [1.807, 2.05) is 19.1 Å². The number of hydrogen-bond donors (Lipinski definition) is 2. The summed E-state index contributed by atoms with van der Waals surface area (Å²) in [4.78, 5) is 3.57. The third kappa shape index (κ3) is 5.27. The minimum absolute atomic E-state index is 0.0578. The lowest BCUT2D eigenvalue weighted by Gasteiger charge is -2.18. The number of halogens is 6. The Hall–Kier alpha value is -3.69. The molecule has 0 unspecified atom stereocenters. The number of fused-ring (bicyclic) bond motifs is 2. The summed E-state index contributed by atoms with van der Waals surface area (Å²) in [6.07, 6.45) is -8.87. The van der Waals surface area contributed by atoms with E-state index in [1.165, 1.54) is 24.3 Å². The van der Waals surface area contributed by atoms with Crippen molar-refractivity contribution in [3.63, 3.8) is 0 Å². The predicted octanol–water partition coefficient (Wildman–Crippen LogP) is 6.53. The molecule has 10 heteroatoms. The van der Waals surface area contributed by atoms with Gasteiger partial charge in [0.1, 0.15) is 24.4 Å². The van der Waals surface area contributed by atoms with Crippen LogP contribution >= 0.6 is 0 Å². The van der Waals surface area contributed by atoms with Gasteiger partial charge in [-0.2, -0.15) is 26.3 Å². The number of anilines is 2. The normalized spacial score (nSPS) is 13.1. The van der Waals surface area contributed by atoms with Gasteiger partial charge >= 0.3 is 12.4 Å². The third-order valence-electron chi connectivity index (χ3n) is 5.12. The Labute approximate surface area is 190 Å². The smallest absolute Gasteiger partial charge is 0.407 e.